The predicted octanol–water partition coefficient (Wildman–Crippen LogP) is 4.22. The van der Waals surface area contributed by atoms with Crippen LogP contribution in [0.15, 0.2) is 24.3 Å². The molecule has 0 unspecified atom stereocenters. The number of carbonyl (C=O) groups is 1. The van der Waals surface area contributed by atoms with Crippen molar-refractivity contribution in [3.8, 4) is 0 Å². The first kappa shape index (κ1) is 16.3. The fourth-order valence-electron chi connectivity index (χ4n) is 2.33. The molecule has 0 aliphatic heterocycles. The molecule has 3 nitrogen and oxygen atoms in total. The molecule has 2 aromatic rings. The van der Waals surface area contributed by atoms with Gasteiger partial charge in [-0.05, 0) is 48.4 Å². The Balaban J connectivity index is 1.94. The first-order valence-electron chi connectivity index (χ1n) is 7.17. The van der Waals surface area contributed by atoms with E-state index in [-0.39, 0.29) is 0 Å². The molecular weight excluding hydrogens is 302 g/mol. The Bertz CT molecular complexity index is 595. The Labute approximate surface area is 133 Å². The number of rotatable bonds is 9. The number of unbranched alkanes of at least 4 members (excludes halogenated alkanes) is 2. The molecule has 114 valence electrons. The Hall–Kier alpha value is -1.04. The second kappa shape index (κ2) is 8.41. The molecule has 0 aliphatic carbocycles. The van der Waals surface area contributed by atoms with Gasteiger partial charge in [-0.3, -0.25) is 0 Å². The van der Waals surface area contributed by atoms with Crippen LogP contribution in [-0.4, -0.2) is 29.6 Å². The lowest BCUT2D eigenvalue weighted by Crippen LogP contribution is -2.16. The third-order valence-electron chi connectivity index (χ3n) is 3.40. The van der Waals surface area contributed by atoms with Crippen molar-refractivity contribution in [1.82, 2.24) is 5.32 Å². The standard InChI is InChI=1S/C16H21NO2S2/c1-20-10-6-2-5-9-17-11-13-12-7-3-4-8-14(12)21-15(13)16(18)19/h3-4,7-8,17H,2,5-6,9-11H2,1H3,(H,18,19). The van der Waals surface area contributed by atoms with Gasteiger partial charge in [-0.2, -0.15) is 11.8 Å². The fourth-order valence-corrected chi connectivity index (χ4v) is 3.89. The van der Waals surface area contributed by atoms with Crippen molar-refractivity contribution in [2.24, 2.45) is 0 Å². The summed E-state index contributed by atoms with van der Waals surface area (Å²) in [6.45, 7) is 1.58. The van der Waals surface area contributed by atoms with Crippen LogP contribution in [0.25, 0.3) is 10.1 Å². The molecule has 0 aliphatic rings. The largest absolute Gasteiger partial charge is 0.477 e. The summed E-state index contributed by atoms with van der Waals surface area (Å²) >= 11 is 3.25. The van der Waals surface area contributed by atoms with E-state index in [2.05, 4.69) is 11.6 Å². The Morgan fingerprint density at radius 3 is 2.86 bits per heavy atom. The maximum absolute atomic E-state index is 11.4. The third-order valence-corrected chi connectivity index (χ3v) is 5.29. The summed E-state index contributed by atoms with van der Waals surface area (Å²) in [5.41, 5.74) is 0.923. The van der Waals surface area contributed by atoms with Gasteiger partial charge in [-0.15, -0.1) is 11.3 Å². The predicted molar refractivity (Wildman–Crippen MR) is 92.7 cm³/mol. The maximum Gasteiger partial charge on any atom is 0.346 e. The molecule has 0 saturated carbocycles. The minimum atomic E-state index is -0.826. The zero-order chi connectivity index (χ0) is 15.1. The summed E-state index contributed by atoms with van der Waals surface area (Å²) < 4.78 is 1.05. The van der Waals surface area contributed by atoms with Gasteiger partial charge in [0.2, 0.25) is 0 Å². The minimum absolute atomic E-state index is 0.464. The molecule has 0 fully saturated rings. The van der Waals surface area contributed by atoms with Gasteiger partial charge in [0.15, 0.2) is 0 Å². The molecule has 0 spiro atoms. The van der Waals surface area contributed by atoms with Crippen molar-refractivity contribution in [2.75, 3.05) is 18.6 Å². The van der Waals surface area contributed by atoms with Gasteiger partial charge in [0.25, 0.3) is 0 Å². The second-order valence-corrected chi connectivity index (χ2v) is 6.98. The molecule has 0 bridgehead atoms. The SMILES string of the molecule is CSCCCCCNCc1c(C(=O)O)sc2ccccc12. The number of aromatic carboxylic acids is 1. The van der Waals surface area contributed by atoms with Gasteiger partial charge in [-0.25, -0.2) is 4.79 Å². The summed E-state index contributed by atoms with van der Waals surface area (Å²) in [5, 5.41) is 13.8. The van der Waals surface area contributed by atoms with Crippen molar-refractivity contribution < 1.29 is 9.90 Å². The van der Waals surface area contributed by atoms with Gasteiger partial charge in [0, 0.05) is 11.2 Å². The van der Waals surface area contributed by atoms with Crippen molar-refractivity contribution in [2.45, 2.75) is 25.8 Å². The molecule has 0 radical (unpaired) electrons. The number of thioether (sulfide) groups is 1. The average molecular weight is 323 g/mol. The van der Waals surface area contributed by atoms with Crippen LogP contribution >= 0.6 is 23.1 Å². The van der Waals surface area contributed by atoms with Crippen LogP contribution in [0.5, 0.6) is 0 Å². The average Bonchev–Trinajstić information content (AvgIpc) is 2.85. The lowest BCUT2D eigenvalue weighted by atomic mass is 10.1. The summed E-state index contributed by atoms with van der Waals surface area (Å²) in [7, 11) is 0. The lowest BCUT2D eigenvalue weighted by molar-refractivity contribution is 0.0701. The number of hydrogen-bond acceptors (Lipinski definition) is 4. The molecule has 2 N–H and O–H groups in total. The van der Waals surface area contributed by atoms with E-state index in [0.717, 1.165) is 28.6 Å². The summed E-state index contributed by atoms with van der Waals surface area (Å²) in [4.78, 5) is 11.8. The van der Waals surface area contributed by atoms with Gasteiger partial charge < -0.3 is 10.4 Å². The second-order valence-electron chi connectivity index (χ2n) is 4.94. The Kier molecular flexibility index (Phi) is 6.54. The van der Waals surface area contributed by atoms with E-state index >= 15 is 0 Å². The van der Waals surface area contributed by atoms with Gasteiger partial charge in [0.05, 0.1) is 0 Å². The zero-order valence-electron chi connectivity index (χ0n) is 12.2. The molecule has 5 heteroatoms. The van der Waals surface area contributed by atoms with E-state index in [9.17, 15) is 9.90 Å². The van der Waals surface area contributed by atoms with E-state index in [1.165, 1.54) is 29.9 Å². The topological polar surface area (TPSA) is 49.3 Å². The highest BCUT2D eigenvalue weighted by atomic mass is 32.2. The highest BCUT2D eigenvalue weighted by molar-refractivity contribution is 7.98. The van der Waals surface area contributed by atoms with Crippen LogP contribution in [-0.2, 0) is 6.54 Å². The molecule has 21 heavy (non-hydrogen) atoms. The monoisotopic (exact) mass is 323 g/mol. The number of nitrogens with one attached hydrogen (secondary N) is 1. The molecule has 2 rings (SSSR count). The van der Waals surface area contributed by atoms with Crippen molar-refractivity contribution >= 4 is 39.2 Å². The molecule has 1 heterocycles. The van der Waals surface area contributed by atoms with Crippen molar-refractivity contribution in [3.63, 3.8) is 0 Å². The Morgan fingerprint density at radius 2 is 2.10 bits per heavy atom. The van der Waals surface area contributed by atoms with Gasteiger partial charge >= 0.3 is 5.97 Å². The highest BCUT2D eigenvalue weighted by Crippen LogP contribution is 2.31. The molecule has 1 aromatic carbocycles. The van der Waals surface area contributed by atoms with Crippen LogP contribution < -0.4 is 5.32 Å². The maximum atomic E-state index is 11.4. The first-order chi connectivity index (χ1) is 10.2. The smallest absolute Gasteiger partial charge is 0.346 e. The van der Waals surface area contributed by atoms with E-state index in [1.807, 2.05) is 36.0 Å². The van der Waals surface area contributed by atoms with Crippen LogP contribution in [0.1, 0.15) is 34.5 Å². The fraction of sp³-hybridized carbons (Fsp3) is 0.438. The van der Waals surface area contributed by atoms with Crippen LogP contribution in [0, 0.1) is 0 Å². The third kappa shape index (κ3) is 4.46. The first-order valence-corrected chi connectivity index (χ1v) is 9.38. The Morgan fingerprint density at radius 1 is 1.29 bits per heavy atom. The summed E-state index contributed by atoms with van der Waals surface area (Å²) in [6.07, 6.45) is 5.76. The zero-order valence-corrected chi connectivity index (χ0v) is 13.9. The number of fused-ring (bicyclic) bond motifs is 1. The van der Waals surface area contributed by atoms with Crippen LogP contribution in [0.2, 0.25) is 0 Å². The molecule has 0 atom stereocenters. The molecular formula is C16H21NO2S2. The number of thiophene rings is 1. The summed E-state index contributed by atoms with van der Waals surface area (Å²) in [6, 6.07) is 7.91. The van der Waals surface area contributed by atoms with Crippen molar-refractivity contribution in [3.05, 3.63) is 34.7 Å². The van der Waals surface area contributed by atoms with Gasteiger partial charge in [0.1, 0.15) is 4.88 Å². The van der Waals surface area contributed by atoms with Crippen molar-refractivity contribution in [1.29, 1.82) is 0 Å². The summed E-state index contributed by atoms with van der Waals surface area (Å²) in [5.74, 6) is 0.395. The quantitative estimate of drug-likeness (QED) is 0.678. The molecule has 0 saturated heterocycles. The number of benzene rings is 1. The molecule has 1 aromatic heterocycles. The van der Waals surface area contributed by atoms with E-state index in [0.29, 0.717) is 11.4 Å². The lowest BCUT2D eigenvalue weighted by Gasteiger charge is -2.05. The minimum Gasteiger partial charge on any atom is -0.477 e. The number of carboxylic acids is 1. The van der Waals surface area contributed by atoms with E-state index in [1.54, 1.807) is 0 Å². The van der Waals surface area contributed by atoms with E-state index < -0.39 is 5.97 Å². The van der Waals surface area contributed by atoms with Crippen LogP contribution in [0.4, 0.5) is 0 Å². The highest BCUT2D eigenvalue weighted by Gasteiger charge is 2.16. The van der Waals surface area contributed by atoms with Gasteiger partial charge in [-0.1, -0.05) is 24.6 Å². The number of carboxylic acid groups (broad SMARTS) is 1. The molecule has 0 amide bonds. The normalized spacial score (nSPS) is 11.1. The van der Waals surface area contributed by atoms with E-state index in [4.69, 9.17) is 0 Å². The van der Waals surface area contributed by atoms with Crippen LogP contribution in [0.3, 0.4) is 0 Å². The number of hydrogen-bond donors (Lipinski definition) is 2.